The monoisotopic (exact) mass is 294 g/mol. The fourth-order valence-corrected chi connectivity index (χ4v) is 4.24. The van der Waals surface area contributed by atoms with E-state index >= 15 is 0 Å². The summed E-state index contributed by atoms with van der Waals surface area (Å²) in [5.41, 5.74) is 2.62. The summed E-state index contributed by atoms with van der Waals surface area (Å²) in [6, 6.07) is 23.3. The fourth-order valence-electron chi connectivity index (χ4n) is 2.83. The van der Waals surface area contributed by atoms with E-state index in [1.807, 2.05) is 23.9 Å². The number of hydrogen-bond acceptors (Lipinski definition) is 3. The second-order valence-electron chi connectivity index (χ2n) is 5.46. The van der Waals surface area contributed by atoms with E-state index in [0.29, 0.717) is 0 Å². The maximum Gasteiger partial charge on any atom is 0.106 e. The Morgan fingerprint density at radius 2 is 1.52 bits per heavy atom. The van der Waals surface area contributed by atoms with Gasteiger partial charge in [-0.1, -0.05) is 60.7 Å². The molecule has 106 valence electrons. The smallest absolute Gasteiger partial charge is 0.106 e. The van der Waals surface area contributed by atoms with Crippen molar-refractivity contribution in [1.82, 2.24) is 5.32 Å². The summed E-state index contributed by atoms with van der Waals surface area (Å²) in [4.78, 5) is -0.0803. The lowest BCUT2D eigenvalue weighted by molar-refractivity contribution is 0.467. The summed E-state index contributed by atoms with van der Waals surface area (Å²) in [6.45, 7) is 0. The van der Waals surface area contributed by atoms with Crippen LogP contribution in [0, 0.1) is 11.3 Å². The van der Waals surface area contributed by atoms with Crippen LogP contribution in [0.1, 0.15) is 11.1 Å². The van der Waals surface area contributed by atoms with Crippen LogP contribution in [0.5, 0.6) is 0 Å². The molecule has 2 aromatic carbocycles. The van der Waals surface area contributed by atoms with Gasteiger partial charge in [-0.05, 0) is 11.1 Å². The summed E-state index contributed by atoms with van der Waals surface area (Å²) in [5, 5.41) is 12.8. The first kappa shape index (κ1) is 14.2. The first-order valence-corrected chi connectivity index (χ1v) is 8.17. The van der Waals surface area contributed by atoms with Crippen LogP contribution < -0.4 is 5.32 Å². The topological polar surface area (TPSA) is 35.8 Å². The first-order valence-electron chi connectivity index (χ1n) is 7.19. The molecule has 0 bridgehead atoms. The van der Waals surface area contributed by atoms with Crippen molar-refractivity contribution in [3.05, 3.63) is 71.8 Å². The Bertz CT molecular complexity index is 577. The Labute approximate surface area is 130 Å². The van der Waals surface area contributed by atoms with Gasteiger partial charge in [0.2, 0.25) is 0 Å². The van der Waals surface area contributed by atoms with E-state index in [9.17, 15) is 5.26 Å². The van der Waals surface area contributed by atoms with E-state index in [1.165, 1.54) is 11.1 Å². The van der Waals surface area contributed by atoms with Gasteiger partial charge >= 0.3 is 0 Å². The van der Waals surface area contributed by atoms with Gasteiger partial charge in [0.05, 0.1) is 10.9 Å². The van der Waals surface area contributed by atoms with Gasteiger partial charge in [0.15, 0.2) is 0 Å². The van der Waals surface area contributed by atoms with Gasteiger partial charge in [-0.2, -0.15) is 5.26 Å². The number of nitrogens with one attached hydrogen (secondary N) is 1. The van der Waals surface area contributed by atoms with E-state index in [-0.39, 0.29) is 10.9 Å². The molecule has 2 aromatic rings. The molecule has 1 fully saturated rings. The minimum atomic E-state index is -0.0803. The highest BCUT2D eigenvalue weighted by molar-refractivity contribution is 8.00. The molecule has 0 aromatic heterocycles. The Morgan fingerprint density at radius 1 is 1.00 bits per heavy atom. The Hall–Kier alpha value is -1.76. The van der Waals surface area contributed by atoms with Crippen molar-refractivity contribution in [2.75, 3.05) is 5.75 Å². The van der Waals surface area contributed by atoms with Crippen molar-refractivity contribution >= 4 is 11.8 Å². The molecule has 3 heteroatoms. The zero-order valence-corrected chi connectivity index (χ0v) is 12.6. The van der Waals surface area contributed by atoms with Gasteiger partial charge in [-0.3, -0.25) is 5.32 Å². The van der Waals surface area contributed by atoms with Gasteiger partial charge in [0, 0.05) is 18.6 Å². The highest BCUT2D eigenvalue weighted by atomic mass is 32.2. The molecule has 1 atom stereocenters. The average Bonchev–Trinajstić information content (AvgIpc) is 2.92. The molecule has 1 heterocycles. The van der Waals surface area contributed by atoms with E-state index in [0.717, 1.165) is 18.6 Å². The molecule has 0 spiro atoms. The summed E-state index contributed by atoms with van der Waals surface area (Å²) < 4.78 is 0. The summed E-state index contributed by atoms with van der Waals surface area (Å²) in [5.74, 6) is 0.857. The van der Waals surface area contributed by atoms with Crippen LogP contribution in [-0.4, -0.2) is 16.7 Å². The van der Waals surface area contributed by atoms with Crippen LogP contribution in [0.4, 0.5) is 0 Å². The predicted molar refractivity (Wildman–Crippen MR) is 88.0 cm³/mol. The zero-order valence-electron chi connectivity index (χ0n) is 11.8. The summed E-state index contributed by atoms with van der Waals surface area (Å²) in [7, 11) is 0. The van der Waals surface area contributed by atoms with E-state index < -0.39 is 0 Å². The molecule has 1 unspecified atom stereocenters. The molecule has 2 nitrogen and oxygen atoms in total. The summed E-state index contributed by atoms with van der Waals surface area (Å²) in [6.07, 6.45) is 1.87. The number of benzene rings is 2. The largest absolute Gasteiger partial charge is 0.286 e. The van der Waals surface area contributed by atoms with Crippen LogP contribution in [0.25, 0.3) is 0 Å². The minimum absolute atomic E-state index is 0.0533. The lowest BCUT2D eigenvalue weighted by Gasteiger charge is -2.29. The molecule has 0 amide bonds. The lowest BCUT2D eigenvalue weighted by atomic mass is 9.97. The van der Waals surface area contributed by atoms with Gasteiger partial charge in [0.25, 0.3) is 0 Å². The van der Waals surface area contributed by atoms with E-state index in [1.54, 1.807) is 0 Å². The number of nitrogens with zero attached hydrogens (tertiary/aromatic N) is 1. The van der Waals surface area contributed by atoms with Crippen LogP contribution in [0.2, 0.25) is 0 Å². The SMILES string of the molecule is N#CC1CSC(Cc2ccccc2)(Cc2ccccc2)N1. The number of nitriles is 1. The van der Waals surface area contributed by atoms with Gasteiger partial charge in [0.1, 0.15) is 6.04 Å². The third kappa shape index (κ3) is 3.47. The Balaban J connectivity index is 1.84. The second kappa shape index (κ2) is 6.34. The van der Waals surface area contributed by atoms with Gasteiger partial charge in [-0.15, -0.1) is 11.8 Å². The fraction of sp³-hybridized carbons (Fsp3) is 0.278. The van der Waals surface area contributed by atoms with Crippen molar-refractivity contribution in [2.45, 2.75) is 23.8 Å². The molecular weight excluding hydrogens is 276 g/mol. The van der Waals surface area contributed by atoms with Crippen LogP contribution in [0.3, 0.4) is 0 Å². The molecule has 1 N–H and O–H groups in total. The van der Waals surface area contributed by atoms with Crippen molar-refractivity contribution in [3.8, 4) is 6.07 Å². The number of hydrogen-bond donors (Lipinski definition) is 1. The van der Waals surface area contributed by atoms with Gasteiger partial charge < -0.3 is 0 Å². The highest BCUT2D eigenvalue weighted by Crippen LogP contribution is 2.36. The standard InChI is InChI=1S/C18H18N2S/c19-13-17-14-21-18(20-17,11-15-7-3-1-4-8-15)12-16-9-5-2-6-10-16/h1-10,17,20H,11-12,14H2. The first-order chi connectivity index (χ1) is 10.3. The second-order valence-corrected chi connectivity index (χ2v) is 6.86. The molecule has 21 heavy (non-hydrogen) atoms. The molecule has 1 aliphatic heterocycles. The van der Waals surface area contributed by atoms with Crippen molar-refractivity contribution < 1.29 is 0 Å². The Morgan fingerprint density at radius 3 is 1.95 bits per heavy atom. The molecule has 0 saturated carbocycles. The quantitative estimate of drug-likeness (QED) is 0.939. The third-order valence-electron chi connectivity index (χ3n) is 3.78. The minimum Gasteiger partial charge on any atom is -0.286 e. The summed E-state index contributed by atoms with van der Waals surface area (Å²) >= 11 is 1.88. The molecule has 0 radical (unpaired) electrons. The highest BCUT2D eigenvalue weighted by Gasteiger charge is 2.39. The number of rotatable bonds is 4. The van der Waals surface area contributed by atoms with Crippen LogP contribution >= 0.6 is 11.8 Å². The van der Waals surface area contributed by atoms with Crippen LogP contribution in [0.15, 0.2) is 60.7 Å². The zero-order chi connectivity index (χ0) is 14.5. The molecule has 1 aliphatic rings. The van der Waals surface area contributed by atoms with Crippen LogP contribution in [-0.2, 0) is 12.8 Å². The molecule has 1 saturated heterocycles. The maximum atomic E-state index is 9.20. The molecule has 3 rings (SSSR count). The van der Waals surface area contributed by atoms with Crippen molar-refractivity contribution in [1.29, 1.82) is 5.26 Å². The molecule has 0 aliphatic carbocycles. The normalized spacial score (nSPS) is 20.0. The number of thioether (sulfide) groups is 1. The van der Waals surface area contributed by atoms with Crippen molar-refractivity contribution in [2.24, 2.45) is 0 Å². The predicted octanol–water partition coefficient (Wildman–Crippen LogP) is 3.40. The third-order valence-corrected chi connectivity index (χ3v) is 5.24. The average molecular weight is 294 g/mol. The Kier molecular flexibility index (Phi) is 4.28. The lowest BCUT2D eigenvalue weighted by Crippen LogP contribution is -2.45. The van der Waals surface area contributed by atoms with E-state index in [2.05, 4.69) is 59.9 Å². The van der Waals surface area contributed by atoms with Gasteiger partial charge in [-0.25, -0.2) is 0 Å². The maximum absolute atomic E-state index is 9.20. The molecular formula is C18H18N2S. The van der Waals surface area contributed by atoms with E-state index in [4.69, 9.17) is 0 Å². The van der Waals surface area contributed by atoms with Crippen molar-refractivity contribution in [3.63, 3.8) is 0 Å².